The second kappa shape index (κ2) is 6.45. The summed E-state index contributed by atoms with van der Waals surface area (Å²) < 4.78 is 24.9. The zero-order valence-electron chi connectivity index (χ0n) is 12.1. The average Bonchev–Trinajstić information content (AvgIpc) is 2.45. The minimum atomic E-state index is -0.464. The molecule has 2 rings (SSSR count). The lowest BCUT2D eigenvalue weighted by molar-refractivity contribution is 0.354. The van der Waals surface area contributed by atoms with Gasteiger partial charge in [0.25, 0.3) is 0 Å². The lowest BCUT2D eigenvalue weighted by Gasteiger charge is -2.18. The number of aryl methyl sites for hydroxylation is 1. The molecule has 1 unspecified atom stereocenters. The van der Waals surface area contributed by atoms with Crippen molar-refractivity contribution in [2.24, 2.45) is 5.73 Å². The molecule has 0 amide bonds. The van der Waals surface area contributed by atoms with Crippen LogP contribution < -0.4 is 15.2 Å². The van der Waals surface area contributed by atoms with E-state index in [4.69, 9.17) is 15.2 Å². The molecule has 5 heteroatoms. The van der Waals surface area contributed by atoms with E-state index in [0.29, 0.717) is 17.1 Å². The van der Waals surface area contributed by atoms with Gasteiger partial charge in [-0.3, -0.25) is 0 Å². The molecule has 0 bridgehead atoms. The topological polar surface area (TPSA) is 44.5 Å². The number of hydrogen-bond acceptors (Lipinski definition) is 3. The molecule has 2 aromatic carbocycles. The van der Waals surface area contributed by atoms with Gasteiger partial charge in [0.15, 0.2) is 11.5 Å². The summed E-state index contributed by atoms with van der Waals surface area (Å²) >= 11 is 3.48. The fourth-order valence-electron chi connectivity index (χ4n) is 2.23. The van der Waals surface area contributed by atoms with Crippen LogP contribution in [-0.2, 0) is 0 Å². The molecule has 2 aromatic rings. The van der Waals surface area contributed by atoms with Crippen molar-refractivity contribution >= 4 is 15.9 Å². The Morgan fingerprint density at radius 2 is 1.67 bits per heavy atom. The Morgan fingerprint density at radius 1 is 1.05 bits per heavy atom. The maximum absolute atomic E-state index is 13.6. The fraction of sp³-hybridized carbons (Fsp3) is 0.250. The summed E-state index contributed by atoms with van der Waals surface area (Å²) in [6.07, 6.45) is 0. The standard InChI is InChI=1S/C16H17BrFNO2/c1-9-4-10(6-11(18)5-9)16(19)12-7-14(20-2)15(21-3)8-13(12)17/h4-8,16H,19H2,1-3H3. The van der Waals surface area contributed by atoms with E-state index < -0.39 is 6.04 Å². The summed E-state index contributed by atoms with van der Waals surface area (Å²) in [6.45, 7) is 1.84. The first-order valence-electron chi connectivity index (χ1n) is 6.40. The van der Waals surface area contributed by atoms with E-state index >= 15 is 0 Å². The highest BCUT2D eigenvalue weighted by Gasteiger charge is 2.17. The smallest absolute Gasteiger partial charge is 0.161 e. The summed E-state index contributed by atoms with van der Waals surface area (Å²) in [5.74, 6) is 0.895. The van der Waals surface area contributed by atoms with Crippen LogP contribution in [0.4, 0.5) is 4.39 Å². The summed E-state index contributed by atoms with van der Waals surface area (Å²) in [7, 11) is 3.13. The molecule has 0 spiro atoms. The summed E-state index contributed by atoms with van der Waals surface area (Å²) in [5, 5.41) is 0. The molecule has 112 valence electrons. The Balaban J connectivity index is 2.49. The van der Waals surface area contributed by atoms with E-state index in [1.54, 1.807) is 26.4 Å². The van der Waals surface area contributed by atoms with E-state index in [1.165, 1.54) is 12.1 Å². The van der Waals surface area contributed by atoms with Crippen molar-refractivity contribution < 1.29 is 13.9 Å². The molecule has 21 heavy (non-hydrogen) atoms. The van der Waals surface area contributed by atoms with Crippen LogP contribution in [0.5, 0.6) is 11.5 Å². The molecule has 3 nitrogen and oxygen atoms in total. The molecule has 0 fully saturated rings. The average molecular weight is 354 g/mol. The Labute approximate surface area is 132 Å². The summed E-state index contributed by atoms with van der Waals surface area (Å²) in [5.41, 5.74) is 8.62. The van der Waals surface area contributed by atoms with E-state index in [2.05, 4.69) is 15.9 Å². The Morgan fingerprint density at radius 3 is 2.24 bits per heavy atom. The van der Waals surface area contributed by atoms with Gasteiger partial charge in [-0.2, -0.15) is 0 Å². The molecule has 0 aromatic heterocycles. The third kappa shape index (κ3) is 3.36. The van der Waals surface area contributed by atoms with Crippen LogP contribution in [-0.4, -0.2) is 14.2 Å². The SMILES string of the molecule is COc1cc(Br)c(C(N)c2cc(C)cc(F)c2)cc1OC. The van der Waals surface area contributed by atoms with Crippen LogP contribution in [0.3, 0.4) is 0 Å². The first-order chi connectivity index (χ1) is 9.96. The van der Waals surface area contributed by atoms with Crippen molar-refractivity contribution in [2.45, 2.75) is 13.0 Å². The Bertz CT molecular complexity index is 641. The molecule has 0 heterocycles. The van der Waals surface area contributed by atoms with Crippen LogP contribution in [0.15, 0.2) is 34.8 Å². The van der Waals surface area contributed by atoms with Crippen molar-refractivity contribution in [2.75, 3.05) is 14.2 Å². The van der Waals surface area contributed by atoms with Gasteiger partial charge >= 0.3 is 0 Å². The molecular weight excluding hydrogens is 337 g/mol. The maximum Gasteiger partial charge on any atom is 0.161 e. The minimum Gasteiger partial charge on any atom is -0.493 e. The monoisotopic (exact) mass is 353 g/mol. The second-order valence-corrected chi connectivity index (χ2v) is 5.62. The number of hydrogen-bond donors (Lipinski definition) is 1. The van der Waals surface area contributed by atoms with Crippen molar-refractivity contribution in [3.05, 3.63) is 57.3 Å². The quantitative estimate of drug-likeness (QED) is 0.904. The number of halogens is 2. The van der Waals surface area contributed by atoms with Crippen LogP contribution in [0.2, 0.25) is 0 Å². The van der Waals surface area contributed by atoms with Gasteiger partial charge in [0.05, 0.1) is 20.3 Å². The number of ether oxygens (including phenoxy) is 2. The van der Waals surface area contributed by atoms with Gasteiger partial charge in [-0.25, -0.2) is 4.39 Å². The van der Waals surface area contributed by atoms with Crippen molar-refractivity contribution in [1.29, 1.82) is 0 Å². The van der Waals surface area contributed by atoms with Crippen LogP contribution >= 0.6 is 15.9 Å². The predicted octanol–water partition coefficient (Wildman–Crippen LogP) is 3.96. The van der Waals surface area contributed by atoms with E-state index in [-0.39, 0.29) is 5.82 Å². The Hall–Kier alpha value is -1.59. The molecule has 2 N–H and O–H groups in total. The number of rotatable bonds is 4. The normalized spacial score (nSPS) is 12.1. The molecule has 0 saturated heterocycles. The highest BCUT2D eigenvalue weighted by Crippen LogP contribution is 2.37. The zero-order valence-corrected chi connectivity index (χ0v) is 13.7. The van der Waals surface area contributed by atoms with Crippen molar-refractivity contribution in [1.82, 2.24) is 0 Å². The first kappa shape index (κ1) is 15.8. The van der Waals surface area contributed by atoms with Crippen LogP contribution in [0, 0.1) is 12.7 Å². The lowest BCUT2D eigenvalue weighted by Crippen LogP contribution is -2.13. The van der Waals surface area contributed by atoms with Gasteiger partial charge in [0.1, 0.15) is 5.82 Å². The van der Waals surface area contributed by atoms with E-state index in [1.807, 2.05) is 13.0 Å². The number of nitrogens with two attached hydrogens (primary N) is 1. The van der Waals surface area contributed by atoms with Gasteiger partial charge in [-0.1, -0.05) is 22.0 Å². The summed E-state index contributed by atoms with van der Waals surface area (Å²) in [4.78, 5) is 0. The largest absolute Gasteiger partial charge is 0.493 e. The molecule has 0 aliphatic rings. The van der Waals surface area contributed by atoms with Gasteiger partial charge in [-0.05, 0) is 47.9 Å². The lowest BCUT2D eigenvalue weighted by atomic mass is 9.97. The zero-order chi connectivity index (χ0) is 15.6. The molecule has 0 radical (unpaired) electrons. The summed E-state index contributed by atoms with van der Waals surface area (Å²) in [6, 6.07) is 7.92. The number of benzene rings is 2. The predicted molar refractivity (Wildman–Crippen MR) is 84.4 cm³/mol. The number of methoxy groups -OCH3 is 2. The highest BCUT2D eigenvalue weighted by atomic mass is 79.9. The molecule has 0 saturated carbocycles. The maximum atomic E-state index is 13.6. The van der Waals surface area contributed by atoms with Crippen LogP contribution in [0.1, 0.15) is 22.7 Å². The van der Waals surface area contributed by atoms with Gasteiger partial charge < -0.3 is 15.2 Å². The van der Waals surface area contributed by atoms with Crippen molar-refractivity contribution in [3.63, 3.8) is 0 Å². The third-order valence-electron chi connectivity index (χ3n) is 3.26. The Kier molecular flexibility index (Phi) is 4.85. The molecule has 0 aliphatic carbocycles. The second-order valence-electron chi connectivity index (χ2n) is 4.77. The third-order valence-corrected chi connectivity index (χ3v) is 3.95. The van der Waals surface area contributed by atoms with Crippen molar-refractivity contribution in [3.8, 4) is 11.5 Å². The molecular formula is C16H17BrFNO2. The first-order valence-corrected chi connectivity index (χ1v) is 7.19. The van der Waals surface area contributed by atoms with Crippen LogP contribution in [0.25, 0.3) is 0 Å². The fourth-order valence-corrected chi connectivity index (χ4v) is 2.80. The highest BCUT2D eigenvalue weighted by molar-refractivity contribution is 9.10. The van der Waals surface area contributed by atoms with Gasteiger partial charge in [0.2, 0.25) is 0 Å². The molecule has 1 atom stereocenters. The van der Waals surface area contributed by atoms with Gasteiger partial charge in [0, 0.05) is 4.47 Å². The van der Waals surface area contributed by atoms with Gasteiger partial charge in [-0.15, -0.1) is 0 Å². The molecule has 0 aliphatic heterocycles. The minimum absolute atomic E-state index is 0.294. The van der Waals surface area contributed by atoms with E-state index in [9.17, 15) is 4.39 Å². The van der Waals surface area contributed by atoms with E-state index in [0.717, 1.165) is 15.6 Å².